The first-order valence-electron chi connectivity index (χ1n) is 5.84. The van der Waals surface area contributed by atoms with Crippen LogP contribution in [0.25, 0.3) is 0 Å². The maximum Gasteiger partial charge on any atom is 0.161 e. The number of hydrogen-bond donors (Lipinski definition) is 1. The summed E-state index contributed by atoms with van der Waals surface area (Å²) in [6.45, 7) is 2.57. The van der Waals surface area contributed by atoms with Crippen LogP contribution in [0.3, 0.4) is 0 Å². The third-order valence-corrected chi connectivity index (χ3v) is 3.45. The van der Waals surface area contributed by atoms with Gasteiger partial charge < -0.3 is 15.2 Å². The van der Waals surface area contributed by atoms with E-state index in [1.807, 2.05) is 36.6 Å². The summed E-state index contributed by atoms with van der Waals surface area (Å²) in [4.78, 5) is 0. The molecule has 0 spiro atoms. The molecular weight excluding hydrogens is 282 g/mol. The summed E-state index contributed by atoms with van der Waals surface area (Å²) in [6, 6.07) is 7.74. The molecule has 104 valence electrons. The molecule has 19 heavy (non-hydrogen) atoms. The van der Waals surface area contributed by atoms with Crippen molar-refractivity contribution in [2.24, 2.45) is 5.73 Å². The molecule has 1 atom stereocenters. The van der Waals surface area contributed by atoms with E-state index in [0.717, 1.165) is 22.6 Å². The standard InChI is InChI=1S/C14H17NO2S.ClH/c1-3-17-12-5-4-10(8-13(12)16-2)14(15)11-6-7-18-9-11;/h4-9,14H,3,15H2,1-2H3;1H/t14-;/m0./s1. The first-order chi connectivity index (χ1) is 8.76. The largest absolute Gasteiger partial charge is 0.493 e. The maximum atomic E-state index is 6.22. The van der Waals surface area contributed by atoms with Crippen LogP contribution in [0.1, 0.15) is 24.1 Å². The SMILES string of the molecule is CCOc1ccc([C@H](N)c2ccsc2)cc1OC.Cl. The van der Waals surface area contributed by atoms with Gasteiger partial charge in [0.25, 0.3) is 0 Å². The van der Waals surface area contributed by atoms with Crippen LogP contribution in [0, 0.1) is 0 Å². The van der Waals surface area contributed by atoms with Crippen LogP contribution in [-0.4, -0.2) is 13.7 Å². The molecule has 0 aliphatic rings. The first-order valence-corrected chi connectivity index (χ1v) is 6.79. The number of benzene rings is 1. The molecule has 1 aromatic heterocycles. The monoisotopic (exact) mass is 299 g/mol. The van der Waals surface area contributed by atoms with Gasteiger partial charge in [0.2, 0.25) is 0 Å². The van der Waals surface area contributed by atoms with Crippen molar-refractivity contribution in [3.63, 3.8) is 0 Å². The van der Waals surface area contributed by atoms with Crippen molar-refractivity contribution in [2.75, 3.05) is 13.7 Å². The van der Waals surface area contributed by atoms with Gasteiger partial charge in [0, 0.05) is 0 Å². The highest BCUT2D eigenvalue weighted by Gasteiger charge is 2.12. The average molecular weight is 300 g/mol. The van der Waals surface area contributed by atoms with E-state index in [1.54, 1.807) is 18.4 Å². The molecule has 2 N–H and O–H groups in total. The Kier molecular flexibility index (Phi) is 6.15. The van der Waals surface area contributed by atoms with E-state index in [1.165, 1.54) is 0 Å². The van der Waals surface area contributed by atoms with Crippen molar-refractivity contribution in [1.82, 2.24) is 0 Å². The molecule has 0 saturated carbocycles. The van der Waals surface area contributed by atoms with Crippen molar-refractivity contribution in [1.29, 1.82) is 0 Å². The van der Waals surface area contributed by atoms with E-state index in [-0.39, 0.29) is 18.4 Å². The molecule has 0 fully saturated rings. The fourth-order valence-corrected chi connectivity index (χ4v) is 2.49. The minimum Gasteiger partial charge on any atom is -0.493 e. The number of nitrogens with two attached hydrogens (primary N) is 1. The Bertz CT molecular complexity index is 502. The summed E-state index contributed by atoms with van der Waals surface area (Å²) in [5, 5.41) is 4.09. The number of methoxy groups -OCH3 is 1. The Hall–Kier alpha value is -1.23. The second-order valence-electron chi connectivity index (χ2n) is 3.88. The second kappa shape index (κ2) is 7.38. The van der Waals surface area contributed by atoms with Gasteiger partial charge in [0.15, 0.2) is 11.5 Å². The molecule has 0 bridgehead atoms. The molecule has 3 nitrogen and oxygen atoms in total. The predicted molar refractivity (Wildman–Crippen MR) is 81.8 cm³/mol. The fraction of sp³-hybridized carbons (Fsp3) is 0.286. The zero-order valence-corrected chi connectivity index (χ0v) is 12.6. The van der Waals surface area contributed by atoms with Crippen LogP contribution in [0.15, 0.2) is 35.0 Å². The summed E-state index contributed by atoms with van der Waals surface area (Å²) >= 11 is 1.65. The van der Waals surface area contributed by atoms with Crippen molar-refractivity contribution in [2.45, 2.75) is 13.0 Å². The van der Waals surface area contributed by atoms with Crippen molar-refractivity contribution >= 4 is 23.7 Å². The summed E-state index contributed by atoms with van der Waals surface area (Å²) in [5.41, 5.74) is 8.36. The van der Waals surface area contributed by atoms with E-state index in [0.29, 0.717) is 6.61 Å². The molecule has 5 heteroatoms. The Morgan fingerprint density at radius 3 is 2.58 bits per heavy atom. The van der Waals surface area contributed by atoms with Gasteiger partial charge in [0.1, 0.15) is 0 Å². The molecule has 0 aliphatic carbocycles. The lowest BCUT2D eigenvalue weighted by atomic mass is 10.0. The molecule has 2 rings (SSSR count). The summed E-state index contributed by atoms with van der Waals surface area (Å²) in [6.07, 6.45) is 0. The highest BCUT2D eigenvalue weighted by atomic mass is 35.5. The third-order valence-electron chi connectivity index (χ3n) is 2.75. The van der Waals surface area contributed by atoms with Gasteiger partial charge in [-0.3, -0.25) is 0 Å². The normalized spacial score (nSPS) is 11.5. The van der Waals surface area contributed by atoms with Crippen LogP contribution in [-0.2, 0) is 0 Å². The molecule has 0 amide bonds. The van der Waals surface area contributed by atoms with Gasteiger partial charge >= 0.3 is 0 Å². The number of ether oxygens (including phenoxy) is 2. The Balaban J connectivity index is 0.00000180. The average Bonchev–Trinajstić information content (AvgIpc) is 2.92. The van der Waals surface area contributed by atoms with Gasteiger partial charge in [-0.05, 0) is 47.0 Å². The molecule has 0 unspecified atom stereocenters. The maximum absolute atomic E-state index is 6.22. The topological polar surface area (TPSA) is 44.5 Å². The van der Waals surface area contributed by atoms with Crippen LogP contribution in [0.5, 0.6) is 11.5 Å². The summed E-state index contributed by atoms with van der Waals surface area (Å²) < 4.78 is 10.8. The second-order valence-corrected chi connectivity index (χ2v) is 4.66. The van der Waals surface area contributed by atoms with E-state index < -0.39 is 0 Å². The Labute approximate surface area is 123 Å². The minimum atomic E-state index is -0.124. The lowest BCUT2D eigenvalue weighted by Gasteiger charge is -2.14. The molecule has 1 heterocycles. The van der Waals surface area contributed by atoms with Crippen LogP contribution >= 0.6 is 23.7 Å². The molecule has 0 radical (unpaired) electrons. The summed E-state index contributed by atoms with van der Waals surface area (Å²) in [5.74, 6) is 1.47. The van der Waals surface area contributed by atoms with Crippen LogP contribution in [0.4, 0.5) is 0 Å². The lowest BCUT2D eigenvalue weighted by molar-refractivity contribution is 0.310. The Morgan fingerprint density at radius 2 is 2.00 bits per heavy atom. The summed E-state index contributed by atoms with van der Waals surface area (Å²) in [7, 11) is 1.64. The number of halogens is 1. The van der Waals surface area contributed by atoms with Gasteiger partial charge in [-0.25, -0.2) is 0 Å². The highest BCUT2D eigenvalue weighted by Crippen LogP contribution is 2.31. The van der Waals surface area contributed by atoms with Crippen molar-refractivity contribution in [3.05, 3.63) is 46.2 Å². The molecule has 0 saturated heterocycles. The number of thiophene rings is 1. The fourth-order valence-electron chi connectivity index (χ4n) is 1.80. The highest BCUT2D eigenvalue weighted by molar-refractivity contribution is 7.08. The number of rotatable bonds is 5. The lowest BCUT2D eigenvalue weighted by Crippen LogP contribution is -2.11. The zero-order chi connectivity index (χ0) is 13.0. The van der Waals surface area contributed by atoms with Crippen molar-refractivity contribution in [3.8, 4) is 11.5 Å². The predicted octanol–water partition coefficient (Wildman–Crippen LogP) is 3.63. The van der Waals surface area contributed by atoms with Gasteiger partial charge in [-0.15, -0.1) is 12.4 Å². The first kappa shape index (κ1) is 15.8. The molecular formula is C14H18ClNO2S. The van der Waals surface area contributed by atoms with Crippen LogP contribution < -0.4 is 15.2 Å². The quantitative estimate of drug-likeness (QED) is 0.917. The zero-order valence-electron chi connectivity index (χ0n) is 11.0. The molecule has 2 aromatic rings. The minimum absolute atomic E-state index is 0. The van der Waals surface area contributed by atoms with Gasteiger partial charge in [-0.2, -0.15) is 11.3 Å². The molecule has 0 aliphatic heterocycles. The third kappa shape index (κ3) is 3.62. The van der Waals surface area contributed by atoms with Crippen molar-refractivity contribution < 1.29 is 9.47 Å². The van der Waals surface area contributed by atoms with Gasteiger partial charge in [0.05, 0.1) is 19.8 Å². The van der Waals surface area contributed by atoms with E-state index in [2.05, 4.69) is 5.38 Å². The van der Waals surface area contributed by atoms with E-state index in [9.17, 15) is 0 Å². The van der Waals surface area contributed by atoms with Crippen LogP contribution in [0.2, 0.25) is 0 Å². The van der Waals surface area contributed by atoms with E-state index >= 15 is 0 Å². The number of hydrogen-bond acceptors (Lipinski definition) is 4. The smallest absolute Gasteiger partial charge is 0.161 e. The molecule has 1 aromatic carbocycles. The van der Waals surface area contributed by atoms with E-state index in [4.69, 9.17) is 15.2 Å². The van der Waals surface area contributed by atoms with Gasteiger partial charge in [-0.1, -0.05) is 6.07 Å². The Morgan fingerprint density at radius 1 is 1.21 bits per heavy atom.